The van der Waals surface area contributed by atoms with Crippen LogP contribution in [0.15, 0.2) is 79.1 Å². The first-order chi connectivity index (χ1) is 15.6. The molecule has 0 amide bonds. The standard InChI is InChI=1S/C25H23FO6/c1-29-17-24(25(27)28)23-10-6-5-7-18(23)16-32-22-14-19(26)13-21(15-22)31-12-11-30-20-8-3-2-4-9-20/h2-10,13-15,17H,11-12,16H2,1H3,(H,27,28). The summed E-state index contributed by atoms with van der Waals surface area (Å²) in [6, 6.07) is 20.2. The lowest BCUT2D eigenvalue weighted by molar-refractivity contribution is -0.130. The summed E-state index contributed by atoms with van der Waals surface area (Å²) in [5.41, 5.74) is 1.06. The SMILES string of the molecule is COC=C(C(=O)O)c1ccccc1COc1cc(F)cc(OCCOc2ccccc2)c1. The van der Waals surface area contributed by atoms with Gasteiger partial charge in [-0.25, -0.2) is 9.18 Å². The summed E-state index contributed by atoms with van der Waals surface area (Å²) in [7, 11) is 1.38. The van der Waals surface area contributed by atoms with Crippen LogP contribution in [0, 0.1) is 5.82 Å². The van der Waals surface area contributed by atoms with Crippen LogP contribution >= 0.6 is 0 Å². The minimum absolute atomic E-state index is 0.00613. The first-order valence-electron chi connectivity index (χ1n) is 9.85. The van der Waals surface area contributed by atoms with Gasteiger partial charge in [-0.15, -0.1) is 0 Å². The molecule has 3 rings (SSSR count). The van der Waals surface area contributed by atoms with Gasteiger partial charge in [-0.3, -0.25) is 0 Å². The predicted molar refractivity (Wildman–Crippen MR) is 117 cm³/mol. The Kier molecular flexibility index (Phi) is 8.09. The molecule has 0 atom stereocenters. The Morgan fingerprint density at radius 1 is 0.875 bits per heavy atom. The number of benzene rings is 3. The molecule has 0 unspecified atom stereocenters. The van der Waals surface area contributed by atoms with Gasteiger partial charge in [-0.1, -0.05) is 42.5 Å². The highest BCUT2D eigenvalue weighted by Crippen LogP contribution is 2.25. The van der Waals surface area contributed by atoms with Crippen molar-refractivity contribution < 1.29 is 33.2 Å². The van der Waals surface area contributed by atoms with Gasteiger partial charge in [0.05, 0.1) is 13.4 Å². The van der Waals surface area contributed by atoms with Crippen LogP contribution in [0.1, 0.15) is 11.1 Å². The van der Waals surface area contributed by atoms with Gasteiger partial charge in [-0.2, -0.15) is 0 Å². The van der Waals surface area contributed by atoms with Crippen LogP contribution < -0.4 is 14.2 Å². The summed E-state index contributed by atoms with van der Waals surface area (Å²) in [6.45, 7) is 0.558. The number of hydrogen-bond acceptors (Lipinski definition) is 5. The van der Waals surface area contributed by atoms with E-state index in [1.165, 1.54) is 19.2 Å². The summed E-state index contributed by atoms with van der Waals surface area (Å²) in [5.74, 6) is -0.359. The minimum Gasteiger partial charge on any atom is -0.503 e. The molecule has 0 aliphatic carbocycles. The third kappa shape index (κ3) is 6.50. The number of carboxylic acid groups (broad SMARTS) is 1. The van der Waals surface area contributed by atoms with Gasteiger partial charge in [0.2, 0.25) is 0 Å². The quantitative estimate of drug-likeness (QED) is 0.260. The highest BCUT2D eigenvalue weighted by Gasteiger charge is 2.15. The fourth-order valence-corrected chi connectivity index (χ4v) is 2.96. The molecule has 166 valence electrons. The van der Waals surface area contributed by atoms with E-state index in [2.05, 4.69) is 0 Å². The molecule has 32 heavy (non-hydrogen) atoms. The van der Waals surface area contributed by atoms with E-state index in [4.69, 9.17) is 18.9 Å². The van der Waals surface area contributed by atoms with Crippen molar-refractivity contribution in [3.05, 3.63) is 96.0 Å². The van der Waals surface area contributed by atoms with Crippen LogP contribution in [0.5, 0.6) is 17.2 Å². The zero-order valence-corrected chi connectivity index (χ0v) is 17.5. The van der Waals surface area contributed by atoms with E-state index < -0.39 is 11.8 Å². The van der Waals surface area contributed by atoms with Gasteiger partial charge in [0, 0.05) is 18.2 Å². The largest absolute Gasteiger partial charge is 0.503 e. The van der Waals surface area contributed by atoms with Crippen molar-refractivity contribution in [2.75, 3.05) is 20.3 Å². The maximum atomic E-state index is 14.0. The molecule has 0 saturated heterocycles. The smallest absolute Gasteiger partial charge is 0.339 e. The second kappa shape index (κ2) is 11.4. The fourth-order valence-electron chi connectivity index (χ4n) is 2.96. The summed E-state index contributed by atoms with van der Waals surface area (Å²) >= 11 is 0. The first kappa shape index (κ1) is 22.7. The van der Waals surface area contributed by atoms with Gasteiger partial charge in [-0.05, 0) is 23.3 Å². The predicted octanol–water partition coefficient (Wildman–Crippen LogP) is 4.93. The zero-order chi connectivity index (χ0) is 22.8. The molecule has 0 aromatic heterocycles. The third-order valence-corrected chi connectivity index (χ3v) is 4.38. The second-order valence-electron chi connectivity index (χ2n) is 6.65. The van der Waals surface area contributed by atoms with Crippen LogP contribution in [0.2, 0.25) is 0 Å². The van der Waals surface area contributed by atoms with Gasteiger partial charge in [0.25, 0.3) is 0 Å². The molecule has 6 nitrogen and oxygen atoms in total. The highest BCUT2D eigenvalue weighted by molar-refractivity contribution is 6.15. The Labute approximate surface area is 185 Å². The molecule has 0 fully saturated rings. The van der Waals surface area contributed by atoms with Crippen LogP contribution in [-0.4, -0.2) is 31.4 Å². The molecule has 3 aromatic rings. The average Bonchev–Trinajstić information content (AvgIpc) is 2.79. The topological polar surface area (TPSA) is 74.2 Å². The number of para-hydroxylation sites is 1. The molecule has 3 aromatic carbocycles. The van der Waals surface area contributed by atoms with E-state index >= 15 is 0 Å². The maximum absolute atomic E-state index is 14.0. The highest BCUT2D eigenvalue weighted by atomic mass is 19.1. The molecule has 0 spiro atoms. The van der Waals surface area contributed by atoms with Gasteiger partial charge in [0.15, 0.2) is 0 Å². The number of methoxy groups -OCH3 is 1. The Bertz CT molecular complexity index is 1070. The lowest BCUT2D eigenvalue weighted by atomic mass is 10.0. The third-order valence-electron chi connectivity index (χ3n) is 4.38. The molecule has 0 radical (unpaired) electrons. The molecular formula is C25H23FO6. The van der Waals surface area contributed by atoms with Gasteiger partial charge < -0.3 is 24.1 Å². The van der Waals surface area contributed by atoms with Crippen molar-refractivity contribution in [1.82, 2.24) is 0 Å². The molecule has 7 heteroatoms. The summed E-state index contributed by atoms with van der Waals surface area (Å²) in [4.78, 5) is 11.6. The normalized spacial score (nSPS) is 11.0. The fraction of sp³-hybridized carbons (Fsp3) is 0.160. The molecule has 0 bridgehead atoms. The van der Waals surface area contributed by atoms with Crippen LogP contribution in [0.4, 0.5) is 4.39 Å². The van der Waals surface area contributed by atoms with E-state index in [-0.39, 0.29) is 24.5 Å². The maximum Gasteiger partial charge on any atom is 0.339 e. The Hall–Kier alpha value is -4.00. The molecular weight excluding hydrogens is 415 g/mol. The molecule has 0 heterocycles. The molecule has 0 aliphatic rings. The van der Waals surface area contributed by atoms with Gasteiger partial charge >= 0.3 is 5.97 Å². The first-order valence-corrected chi connectivity index (χ1v) is 9.85. The number of aliphatic carboxylic acids is 1. The number of carbonyl (C=O) groups is 1. The number of ether oxygens (including phenoxy) is 4. The zero-order valence-electron chi connectivity index (χ0n) is 17.5. The summed E-state index contributed by atoms with van der Waals surface area (Å²) in [6.07, 6.45) is 1.16. The van der Waals surface area contributed by atoms with E-state index in [1.807, 2.05) is 30.3 Å². The van der Waals surface area contributed by atoms with Gasteiger partial charge in [0.1, 0.15) is 48.5 Å². The van der Waals surface area contributed by atoms with Crippen molar-refractivity contribution in [2.45, 2.75) is 6.61 Å². The van der Waals surface area contributed by atoms with E-state index in [0.717, 1.165) is 12.0 Å². The minimum atomic E-state index is -1.13. The van der Waals surface area contributed by atoms with Crippen molar-refractivity contribution in [3.8, 4) is 17.2 Å². The Balaban J connectivity index is 1.63. The molecule has 1 N–H and O–H groups in total. The van der Waals surface area contributed by atoms with Crippen molar-refractivity contribution in [3.63, 3.8) is 0 Å². The number of hydrogen-bond donors (Lipinski definition) is 1. The second-order valence-corrected chi connectivity index (χ2v) is 6.65. The Morgan fingerprint density at radius 3 is 2.19 bits per heavy atom. The Morgan fingerprint density at radius 2 is 1.50 bits per heavy atom. The lowest BCUT2D eigenvalue weighted by Crippen LogP contribution is -2.09. The number of halogens is 1. The summed E-state index contributed by atoms with van der Waals surface area (Å²) in [5, 5.41) is 9.45. The van der Waals surface area contributed by atoms with E-state index in [9.17, 15) is 14.3 Å². The van der Waals surface area contributed by atoms with E-state index in [0.29, 0.717) is 23.5 Å². The van der Waals surface area contributed by atoms with Crippen molar-refractivity contribution in [1.29, 1.82) is 0 Å². The summed E-state index contributed by atoms with van der Waals surface area (Å²) < 4.78 is 35.8. The van der Waals surface area contributed by atoms with E-state index in [1.54, 1.807) is 30.3 Å². The van der Waals surface area contributed by atoms with Crippen LogP contribution in [0.25, 0.3) is 5.57 Å². The van der Waals surface area contributed by atoms with Crippen LogP contribution in [0.3, 0.4) is 0 Å². The molecule has 0 aliphatic heterocycles. The average molecular weight is 438 g/mol. The van der Waals surface area contributed by atoms with Crippen molar-refractivity contribution >= 4 is 11.5 Å². The number of carboxylic acids is 1. The van der Waals surface area contributed by atoms with Crippen molar-refractivity contribution in [2.24, 2.45) is 0 Å². The molecule has 0 saturated carbocycles. The van der Waals surface area contributed by atoms with Crippen LogP contribution in [-0.2, 0) is 16.1 Å². The monoisotopic (exact) mass is 438 g/mol. The lowest BCUT2D eigenvalue weighted by Gasteiger charge is -2.13. The number of rotatable bonds is 11.